The van der Waals surface area contributed by atoms with Crippen LogP contribution in [-0.2, 0) is 9.59 Å². The molecule has 2 amide bonds. The number of hydrogen-bond acceptors (Lipinski definition) is 5. The molecule has 0 saturated carbocycles. The van der Waals surface area contributed by atoms with Crippen molar-refractivity contribution in [2.75, 3.05) is 19.1 Å². The first-order valence-corrected chi connectivity index (χ1v) is 9.15. The Labute approximate surface area is 174 Å². The summed E-state index contributed by atoms with van der Waals surface area (Å²) in [6, 6.07) is 8.93. The molecule has 1 aliphatic rings. The Balaban J connectivity index is 2.09. The van der Waals surface area contributed by atoms with Crippen molar-refractivity contribution >= 4 is 56.8 Å². The lowest BCUT2D eigenvalue weighted by atomic mass is 10.1. The Kier molecular flexibility index (Phi) is 5.76. The van der Waals surface area contributed by atoms with Gasteiger partial charge in [0.1, 0.15) is 11.4 Å². The zero-order valence-electron chi connectivity index (χ0n) is 14.8. The molecule has 2 aromatic carbocycles. The third-order valence-electron chi connectivity index (χ3n) is 4.00. The van der Waals surface area contributed by atoms with E-state index in [1.165, 1.54) is 38.5 Å². The van der Waals surface area contributed by atoms with Crippen molar-refractivity contribution < 1.29 is 23.5 Å². The molecular formula is C19H14BrFN2O4S. The van der Waals surface area contributed by atoms with Gasteiger partial charge in [0.15, 0.2) is 16.6 Å². The van der Waals surface area contributed by atoms with Crippen LogP contribution in [0.3, 0.4) is 0 Å². The highest BCUT2D eigenvalue weighted by molar-refractivity contribution is 9.10. The molecule has 9 heteroatoms. The van der Waals surface area contributed by atoms with Crippen LogP contribution in [0.25, 0.3) is 6.08 Å². The number of amides is 2. The average molecular weight is 465 g/mol. The van der Waals surface area contributed by atoms with Crippen LogP contribution in [0, 0.1) is 5.82 Å². The third-order valence-corrected chi connectivity index (χ3v) is 4.97. The molecule has 3 rings (SSSR count). The maximum atomic E-state index is 14.2. The van der Waals surface area contributed by atoms with Crippen LogP contribution in [0.2, 0.25) is 0 Å². The molecule has 0 bridgehead atoms. The zero-order valence-corrected chi connectivity index (χ0v) is 17.2. The van der Waals surface area contributed by atoms with E-state index in [0.717, 1.165) is 4.90 Å². The van der Waals surface area contributed by atoms with Gasteiger partial charge in [0.05, 0.1) is 19.9 Å². The number of carbonyl (C=O) groups excluding carboxylic acids is 2. The molecule has 144 valence electrons. The van der Waals surface area contributed by atoms with E-state index in [-0.39, 0.29) is 16.4 Å². The number of thiocarbonyl (C=S) groups is 1. The number of nitrogens with zero attached hydrogens (tertiary/aromatic N) is 1. The Morgan fingerprint density at radius 3 is 2.43 bits per heavy atom. The second-order valence-electron chi connectivity index (χ2n) is 5.64. The van der Waals surface area contributed by atoms with Gasteiger partial charge in [-0.2, -0.15) is 0 Å². The summed E-state index contributed by atoms with van der Waals surface area (Å²) in [6.07, 6.45) is 1.37. The summed E-state index contributed by atoms with van der Waals surface area (Å²) in [5.41, 5.74) is 0.247. The molecule has 6 nitrogen and oxygen atoms in total. The van der Waals surface area contributed by atoms with Crippen molar-refractivity contribution in [2.45, 2.75) is 0 Å². The lowest BCUT2D eigenvalue weighted by molar-refractivity contribution is -0.122. The summed E-state index contributed by atoms with van der Waals surface area (Å²) in [7, 11) is 2.97. The van der Waals surface area contributed by atoms with Gasteiger partial charge in [0, 0.05) is 4.47 Å². The maximum absolute atomic E-state index is 14.2. The summed E-state index contributed by atoms with van der Waals surface area (Å²) in [5.74, 6) is -1.15. The first kappa shape index (κ1) is 20.0. The molecule has 1 saturated heterocycles. The number of rotatable bonds is 4. The Morgan fingerprint density at radius 2 is 1.79 bits per heavy atom. The first-order chi connectivity index (χ1) is 13.4. The summed E-state index contributed by atoms with van der Waals surface area (Å²) < 4.78 is 25.2. The number of halogens is 2. The van der Waals surface area contributed by atoms with E-state index in [2.05, 4.69) is 21.2 Å². The van der Waals surface area contributed by atoms with E-state index in [4.69, 9.17) is 21.7 Å². The second-order valence-corrected chi connectivity index (χ2v) is 6.88. The van der Waals surface area contributed by atoms with Crippen LogP contribution < -0.4 is 19.7 Å². The first-order valence-electron chi connectivity index (χ1n) is 7.95. The van der Waals surface area contributed by atoms with Gasteiger partial charge in [-0.1, -0.05) is 28.1 Å². The van der Waals surface area contributed by atoms with E-state index in [1.807, 2.05) is 0 Å². The molecule has 1 heterocycles. The highest BCUT2D eigenvalue weighted by atomic mass is 79.9. The van der Waals surface area contributed by atoms with E-state index in [0.29, 0.717) is 21.5 Å². The van der Waals surface area contributed by atoms with Crippen molar-refractivity contribution in [2.24, 2.45) is 0 Å². The molecule has 2 aromatic rings. The van der Waals surface area contributed by atoms with Gasteiger partial charge in [-0.05, 0) is 48.1 Å². The van der Waals surface area contributed by atoms with Crippen molar-refractivity contribution in [1.29, 1.82) is 0 Å². The number of hydrogen-bond donors (Lipinski definition) is 1. The smallest absolute Gasteiger partial charge is 0.270 e. The number of benzene rings is 2. The molecule has 0 atom stereocenters. The summed E-state index contributed by atoms with van der Waals surface area (Å²) in [4.78, 5) is 26.3. The normalized spacial score (nSPS) is 15.6. The Bertz CT molecular complexity index is 1020. The standard InChI is InChI=1S/C19H14BrFN2O4S/c1-26-15-8-10(12(20)9-16(15)27-2)7-11-17(24)22-19(28)23(18(11)25)14-6-4-3-5-13(14)21/h3-9H,1-2H3,(H,22,24,28)/b11-7+. The van der Waals surface area contributed by atoms with Gasteiger partial charge in [-0.15, -0.1) is 0 Å². The predicted octanol–water partition coefficient (Wildman–Crippen LogP) is 3.44. The number of methoxy groups -OCH3 is 2. The predicted molar refractivity (Wildman–Crippen MR) is 110 cm³/mol. The number of para-hydroxylation sites is 1. The van der Waals surface area contributed by atoms with Gasteiger partial charge < -0.3 is 9.47 Å². The van der Waals surface area contributed by atoms with Crippen molar-refractivity contribution in [3.05, 3.63) is 57.8 Å². The summed E-state index contributed by atoms with van der Waals surface area (Å²) in [6.45, 7) is 0. The molecule has 0 unspecified atom stereocenters. The highest BCUT2D eigenvalue weighted by Crippen LogP contribution is 2.35. The van der Waals surface area contributed by atoms with Crippen LogP contribution >= 0.6 is 28.1 Å². The molecule has 0 radical (unpaired) electrons. The van der Waals surface area contributed by atoms with Gasteiger partial charge in [0.2, 0.25) is 0 Å². The minimum atomic E-state index is -0.736. The Hall–Kier alpha value is -2.78. The maximum Gasteiger partial charge on any atom is 0.270 e. The largest absolute Gasteiger partial charge is 0.493 e. The highest BCUT2D eigenvalue weighted by Gasteiger charge is 2.35. The van der Waals surface area contributed by atoms with Crippen LogP contribution in [0.4, 0.5) is 10.1 Å². The lowest BCUT2D eigenvalue weighted by Gasteiger charge is -2.29. The molecule has 28 heavy (non-hydrogen) atoms. The summed E-state index contributed by atoms with van der Waals surface area (Å²) in [5, 5.41) is 2.23. The quantitative estimate of drug-likeness (QED) is 0.426. The number of ether oxygens (including phenoxy) is 2. The number of anilines is 1. The molecule has 1 aliphatic heterocycles. The van der Waals surface area contributed by atoms with Crippen LogP contribution in [0.15, 0.2) is 46.4 Å². The van der Waals surface area contributed by atoms with E-state index in [9.17, 15) is 14.0 Å². The van der Waals surface area contributed by atoms with E-state index < -0.39 is 17.6 Å². The summed E-state index contributed by atoms with van der Waals surface area (Å²) >= 11 is 8.45. The Morgan fingerprint density at radius 1 is 1.14 bits per heavy atom. The van der Waals surface area contributed by atoms with Crippen LogP contribution in [0.5, 0.6) is 11.5 Å². The van der Waals surface area contributed by atoms with Crippen molar-refractivity contribution in [3.63, 3.8) is 0 Å². The minimum absolute atomic E-state index is 0.0465. The lowest BCUT2D eigenvalue weighted by Crippen LogP contribution is -2.54. The number of carbonyl (C=O) groups is 2. The molecule has 0 aliphatic carbocycles. The van der Waals surface area contributed by atoms with Gasteiger partial charge in [-0.25, -0.2) is 9.29 Å². The van der Waals surface area contributed by atoms with Gasteiger partial charge in [-0.3, -0.25) is 14.9 Å². The van der Waals surface area contributed by atoms with Crippen molar-refractivity contribution in [1.82, 2.24) is 5.32 Å². The fraction of sp³-hybridized carbons (Fsp3) is 0.105. The molecule has 1 N–H and O–H groups in total. The molecular weight excluding hydrogens is 451 g/mol. The average Bonchev–Trinajstić information content (AvgIpc) is 2.67. The second kappa shape index (κ2) is 8.07. The molecule has 1 fully saturated rings. The molecule has 0 spiro atoms. The van der Waals surface area contributed by atoms with Crippen molar-refractivity contribution in [3.8, 4) is 11.5 Å². The fourth-order valence-electron chi connectivity index (χ4n) is 2.65. The number of nitrogens with one attached hydrogen (secondary N) is 1. The van der Waals surface area contributed by atoms with Crippen LogP contribution in [-0.4, -0.2) is 31.1 Å². The monoisotopic (exact) mass is 464 g/mol. The van der Waals surface area contributed by atoms with Gasteiger partial charge >= 0.3 is 0 Å². The SMILES string of the molecule is COc1cc(Br)c(/C=C2\C(=O)NC(=S)N(c3ccccc3F)C2=O)cc1OC. The fourth-order valence-corrected chi connectivity index (χ4v) is 3.36. The van der Waals surface area contributed by atoms with Crippen LogP contribution in [0.1, 0.15) is 5.56 Å². The third kappa shape index (κ3) is 3.63. The minimum Gasteiger partial charge on any atom is -0.493 e. The van der Waals surface area contributed by atoms with Gasteiger partial charge in [0.25, 0.3) is 11.8 Å². The van der Waals surface area contributed by atoms with E-state index >= 15 is 0 Å². The zero-order chi connectivity index (χ0) is 20.4. The molecule has 0 aromatic heterocycles. The topological polar surface area (TPSA) is 67.9 Å². The van der Waals surface area contributed by atoms with E-state index in [1.54, 1.807) is 18.2 Å².